The van der Waals surface area contributed by atoms with Crippen LogP contribution in [0.4, 0.5) is 4.39 Å². The molecule has 4 rings (SSSR count). The largest absolute Gasteiger partial charge is 0.490 e. The summed E-state index contributed by atoms with van der Waals surface area (Å²) < 4.78 is 24.7. The van der Waals surface area contributed by atoms with Crippen molar-refractivity contribution >= 4 is 23.4 Å². The van der Waals surface area contributed by atoms with Crippen molar-refractivity contribution in [2.45, 2.75) is 63.6 Å². The van der Waals surface area contributed by atoms with Crippen LogP contribution in [0.25, 0.3) is 0 Å². The molecule has 2 fully saturated rings. The Kier molecular flexibility index (Phi) is 8.21. The number of pyridine rings is 1. The molecule has 7 nitrogen and oxygen atoms in total. The zero-order valence-corrected chi connectivity index (χ0v) is 19.7. The number of nitrogens with zero attached hydrogens (tertiary/aromatic N) is 1. The van der Waals surface area contributed by atoms with Crippen molar-refractivity contribution in [3.8, 4) is 11.5 Å². The molecule has 0 bridgehead atoms. The molecule has 2 amide bonds. The monoisotopic (exact) mass is 489 g/mol. The first-order chi connectivity index (χ1) is 16.5. The fourth-order valence-electron chi connectivity index (χ4n) is 4.11. The van der Waals surface area contributed by atoms with Gasteiger partial charge < -0.3 is 20.1 Å². The van der Waals surface area contributed by atoms with Gasteiger partial charge in [-0.25, -0.2) is 4.39 Å². The van der Waals surface area contributed by atoms with E-state index in [1.165, 1.54) is 18.6 Å². The molecule has 2 aliphatic carbocycles. The molecule has 1 aromatic carbocycles. The molecule has 0 unspecified atom stereocenters. The van der Waals surface area contributed by atoms with E-state index in [9.17, 15) is 14.0 Å². The number of rotatable bonds is 9. The van der Waals surface area contributed by atoms with Crippen LogP contribution in [0.1, 0.15) is 50.6 Å². The van der Waals surface area contributed by atoms with Crippen LogP contribution in [-0.4, -0.2) is 35.6 Å². The molecular formula is C25H29ClFN3O4. The summed E-state index contributed by atoms with van der Waals surface area (Å²) >= 11 is 5.64. The average molecular weight is 490 g/mol. The van der Waals surface area contributed by atoms with Gasteiger partial charge in [-0.1, -0.05) is 11.6 Å². The van der Waals surface area contributed by atoms with Crippen molar-refractivity contribution in [2.75, 3.05) is 6.61 Å². The Morgan fingerprint density at radius 3 is 2.56 bits per heavy atom. The number of benzene rings is 1. The van der Waals surface area contributed by atoms with Gasteiger partial charge in [-0.3, -0.25) is 14.6 Å². The second kappa shape index (κ2) is 11.5. The molecule has 0 radical (unpaired) electrons. The number of aromatic nitrogens is 1. The van der Waals surface area contributed by atoms with Crippen LogP contribution < -0.4 is 20.1 Å². The van der Waals surface area contributed by atoms with E-state index in [-0.39, 0.29) is 41.2 Å². The van der Waals surface area contributed by atoms with Gasteiger partial charge in [-0.15, -0.1) is 0 Å². The molecule has 2 saturated carbocycles. The quantitative estimate of drug-likeness (QED) is 0.551. The smallest absolute Gasteiger partial charge is 0.258 e. The second-order valence-corrected chi connectivity index (χ2v) is 9.26. The first kappa shape index (κ1) is 24.3. The summed E-state index contributed by atoms with van der Waals surface area (Å²) in [5, 5.41) is 5.90. The first-order valence-electron chi connectivity index (χ1n) is 11.7. The van der Waals surface area contributed by atoms with E-state index in [0.29, 0.717) is 38.3 Å². The highest BCUT2D eigenvalue weighted by Crippen LogP contribution is 2.26. The van der Waals surface area contributed by atoms with E-state index in [1.54, 1.807) is 6.20 Å². The van der Waals surface area contributed by atoms with Crippen molar-refractivity contribution in [3.05, 3.63) is 53.1 Å². The molecule has 1 aromatic heterocycles. The van der Waals surface area contributed by atoms with Gasteiger partial charge in [0.1, 0.15) is 17.3 Å². The van der Waals surface area contributed by atoms with Crippen molar-refractivity contribution in [1.82, 2.24) is 15.6 Å². The lowest BCUT2D eigenvalue weighted by atomic mass is 9.85. The topological polar surface area (TPSA) is 89.5 Å². The predicted octanol–water partition coefficient (Wildman–Crippen LogP) is 4.18. The zero-order valence-electron chi connectivity index (χ0n) is 18.9. The lowest BCUT2D eigenvalue weighted by molar-refractivity contribution is -0.126. The van der Waals surface area contributed by atoms with Crippen LogP contribution in [-0.2, 0) is 16.1 Å². The maximum Gasteiger partial charge on any atom is 0.258 e. The normalized spacial score (nSPS) is 20.2. The number of hydrogen-bond acceptors (Lipinski definition) is 5. The van der Waals surface area contributed by atoms with E-state index >= 15 is 0 Å². The molecule has 2 aliphatic rings. The molecule has 182 valence electrons. The average Bonchev–Trinajstić information content (AvgIpc) is 2.81. The molecule has 0 atom stereocenters. The van der Waals surface area contributed by atoms with Crippen molar-refractivity contribution in [3.63, 3.8) is 0 Å². The van der Waals surface area contributed by atoms with Crippen molar-refractivity contribution in [1.29, 1.82) is 0 Å². The van der Waals surface area contributed by atoms with Crippen molar-refractivity contribution < 1.29 is 23.5 Å². The molecule has 34 heavy (non-hydrogen) atoms. The molecular weight excluding hydrogens is 461 g/mol. The molecule has 2 N–H and O–H groups in total. The maximum atomic E-state index is 13.5. The van der Waals surface area contributed by atoms with E-state index in [4.69, 9.17) is 21.1 Å². The van der Waals surface area contributed by atoms with E-state index in [0.717, 1.165) is 30.4 Å². The van der Waals surface area contributed by atoms with Gasteiger partial charge in [0, 0.05) is 30.3 Å². The number of ether oxygens (including phenoxy) is 2. The van der Waals surface area contributed by atoms with Crippen LogP contribution in [0, 0.1) is 11.7 Å². The Bertz CT molecular complexity index is 1010. The lowest BCUT2D eigenvalue weighted by Crippen LogP contribution is -2.42. The Morgan fingerprint density at radius 2 is 1.85 bits per heavy atom. The van der Waals surface area contributed by atoms with E-state index < -0.39 is 5.82 Å². The third-order valence-electron chi connectivity index (χ3n) is 6.31. The number of carbonyl (C=O) groups is 2. The highest BCUT2D eigenvalue weighted by Gasteiger charge is 2.27. The SMILES string of the molecule is O=C(COc1ccc(Cl)c(F)c1)NC1CCC(C(=O)NCc2cc(OC3CCC3)ccn2)CC1. The fraction of sp³-hybridized carbons (Fsp3) is 0.480. The molecule has 1 heterocycles. The maximum absolute atomic E-state index is 13.5. The molecule has 0 aliphatic heterocycles. The van der Waals surface area contributed by atoms with E-state index in [1.807, 2.05) is 12.1 Å². The summed E-state index contributed by atoms with van der Waals surface area (Å²) in [6.45, 7) is 0.151. The molecule has 9 heteroatoms. The Morgan fingerprint density at radius 1 is 1.06 bits per heavy atom. The van der Waals surface area contributed by atoms with Gasteiger partial charge in [-0.05, 0) is 63.1 Å². The van der Waals surface area contributed by atoms with Gasteiger partial charge in [0.2, 0.25) is 5.91 Å². The Hall–Kier alpha value is -2.87. The van der Waals surface area contributed by atoms with Crippen molar-refractivity contribution in [2.24, 2.45) is 5.92 Å². The van der Waals surface area contributed by atoms with Gasteiger partial charge in [0.15, 0.2) is 6.61 Å². The highest BCUT2D eigenvalue weighted by atomic mass is 35.5. The predicted molar refractivity (Wildman–Crippen MR) is 125 cm³/mol. The first-order valence-corrected chi connectivity index (χ1v) is 12.1. The zero-order chi connectivity index (χ0) is 23.9. The van der Waals surface area contributed by atoms with E-state index in [2.05, 4.69) is 15.6 Å². The number of carbonyl (C=O) groups excluding carboxylic acids is 2. The summed E-state index contributed by atoms with van der Waals surface area (Å²) in [6.07, 6.45) is 8.20. The summed E-state index contributed by atoms with van der Waals surface area (Å²) in [5.74, 6) is 0.0817. The summed E-state index contributed by atoms with van der Waals surface area (Å²) in [7, 11) is 0. The Labute approximate surface area is 203 Å². The molecule has 0 saturated heterocycles. The molecule has 0 spiro atoms. The minimum Gasteiger partial charge on any atom is -0.490 e. The summed E-state index contributed by atoms with van der Waals surface area (Å²) in [5.41, 5.74) is 0.770. The van der Waals surface area contributed by atoms with Crippen LogP contribution in [0.5, 0.6) is 11.5 Å². The highest BCUT2D eigenvalue weighted by molar-refractivity contribution is 6.30. The van der Waals surface area contributed by atoms with Gasteiger partial charge in [0.25, 0.3) is 5.91 Å². The second-order valence-electron chi connectivity index (χ2n) is 8.85. The standard InChI is InChI=1S/C25H29ClFN3O4/c26-22-9-8-20(13-23(22)27)33-15-24(31)30-17-6-4-16(5-7-17)25(32)29-14-18-12-21(10-11-28-18)34-19-2-1-3-19/h8-13,16-17,19H,1-7,14-15H2,(H,29,32)(H,30,31). The van der Waals surface area contributed by atoms with Crippen LogP contribution in [0.15, 0.2) is 36.5 Å². The van der Waals surface area contributed by atoms with Crippen LogP contribution in [0.3, 0.4) is 0 Å². The lowest BCUT2D eigenvalue weighted by Gasteiger charge is -2.28. The van der Waals surface area contributed by atoms with Gasteiger partial charge >= 0.3 is 0 Å². The van der Waals surface area contributed by atoms with Crippen LogP contribution >= 0.6 is 11.6 Å². The number of hydrogen-bond donors (Lipinski definition) is 2. The minimum atomic E-state index is -0.596. The summed E-state index contributed by atoms with van der Waals surface area (Å²) in [6, 6.07) is 7.75. The summed E-state index contributed by atoms with van der Waals surface area (Å²) in [4.78, 5) is 29.1. The van der Waals surface area contributed by atoms with Crippen LogP contribution in [0.2, 0.25) is 5.02 Å². The number of halogens is 2. The number of amides is 2. The Balaban J connectivity index is 1.15. The fourth-order valence-corrected chi connectivity index (χ4v) is 4.23. The number of nitrogens with one attached hydrogen (secondary N) is 2. The third kappa shape index (κ3) is 6.82. The van der Waals surface area contributed by atoms with Gasteiger partial charge in [0.05, 0.1) is 23.4 Å². The van der Waals surface area contributed by atoms with Gasteiger partial charge in [-0.2, -0.15) is 0 Å². The minimum absolute atomic E-state index is 0.000319. The third-order valence-corrected chi connectivity index (χ3v) is 6.62. The molecule has 2 aromatic rings.